The van der Waals surface area contributed by atoms with E-state index >= 15 is 0 Å². The smallest absolute Gasteiger partial charge is 0.342 e. The number of ether oxygens (including phenoxy) is 1. The Labute approximate surface area is 207 Å². The largest absolute Gasteiger partial charge is 0.504 e. The van der Waals surface area contributed by atoms with Crippen LogP contribution < -0.4 is 14.7 Å². The van der Waals surface area contributed by atoms with E-state index in [1.807, 2.05) is 66.1 Å². The predicted molar refractivity (Wildman–Crippen MR) is 136 cm³/mol. The first-order chi connectivity index (χ1) is 17.0. The first kappa shape index (κ1) is 24.0. The van der Waals surface area contributed by atoms with E-state index in [0.717, 1.165) is 28.2 Å². The van der Waals surface area contributed by atoms with Crippen molar-refractivity contribution in [1.29, 1.82) is 0 Å². The zero-order valence-electron chi connectivity index (χ0n) is 19.6. The number of carbonyl (C=O) groups is 1. The Balaban J connectivity index is 1.50. The Bertz CT molecular complexity index is 1350. The van der Waals surface area contributed by atoms with Crippen molar-refractivity contribution in [1.82, 2.24) is 15.6 Å². The topological polar surface area (TPSA) is 103 Å². The van der Waals surface area contributed by atoms with Crippen molar-refractivity contribution >= 4 is 23.4 Å². The second-order valence-electron chi connectivity index (χ2n) is 7.80. The number of nitrogens with one attached hydrogen (secondary N) is 2. The molecule has 4 aromatic rings. The zero-order chi connectivity index (χ0) is 24.8. The summed E-state index contributed by atoms with van der Waals surface area (Å²) in [5.41, 5.74) is 6.99. The molecule has 0 aliphatic carbocycles. The Hall–Kier alpha value is -4.11. The van der Waals surface area contributed by atoms with E-state index < -0.39 is 0 Å². The van der Waals surface area contributed by atoms with E-state index in [1.54, 1.807) is 19.1 Å². The van der Waals surface area contributed by atoms with Crippen LogP contribution in [0.5, 0.6) is 11.5 Å². The van der Waals surface area contributed by atoms with Gasteiger partial charge < -0.3 is 9.84 Å². The van der Waals surface area contributed by atoms with Gasteiger partial charge in [0.2, 0.25) is 0 Å². The van der Waals surface area contributed by atoms with E-state index in [4.69, 9.17) is 4.74 Å². The van der Waals surface area contributed by atoms with Gasteiger partial charge in [0.05, 0.1) is 29.2 Å². The van der Waals surface area contributed by atoms with Gasteiger partial charge in [0.1, 0.15) is 5.69 Å². The third-order valence-electron chi connectivity index (χ3n) is 5.29. The van der Waals surface area contributed by atoms with Crippen LogP contribution in [0.15, 0.2) is 83.1 Å². The van der Waals surface area contributed by atoms with Gasteiger partial charge in [-0.25, -0.2) is 5.43 Å². The molecule has 0 aliphatic heterocycles. The molecule has 0 fully saturated rings. The first-order valence-corrected chi connectivity index (χ1v) is 11.9. The van der Waals surface area contributed by atoms with Crippen molar-refractivity contribution in [3.05, 3.63) is 83.9 Å². The van der Waals surface area contributed by atoms with Crippen LogP contribution in [0.3, 0.4) is 0 Å². The summed E-state index contributed by atoms with van der Waals surface area (Å²) in [6.45, 7) is 3.81. The summed E-state index contributed by atoms with van der Waals surface area (Å²) >= 11 is 1.31. The lowest BCUT2D eigenvalue weighted by atomic mass is 10.1. The molecule has 35 heavy (non-hydrogen) atoms. The summed E-state index contributed by atoms with van der Waals surface area (Å²) < 4.78 is 7.13. The summed E-state index contributed by atoms with van der Waals surface area (Å²) in [7, 11) is 1.48. The standard InChI is InChI=1S/C26H25N5O3S/c1-17-9-12-21(13-10-17)31-25(19-7-5-4-6-8-19)29-30-26(31)35-16-24(33)28-27-18(2)20-11-14-22(32)23(15-20)34-3/h4-15H,16H2,1-3H3,(H2,27,28,32,33)/p+1. The number of hydrogen-bond acceptors (Lipinski definition) is 6. The number of rotatable bonds is 8. The van der Waals surface area contributed by atoms with E-state index in [9.17, 15) is 9.90 Å². The zero-order valence-corrected chi connectivity index (χ0v) is 20.5. The fraction of sp³-hybridized carbons (Fsp3) is 0.154. The number of aryl methyl sites for hydroxylation is 1. The molecule has 0 atom stereocenters. The average molecular weight is 489 g/mol. The fourth-order valence-electron chi connectivity index (χ4n) is 3.39. The first-order valence-electron chi connectivity index (χ1n) is 10.9. The van der Waals surface area contributed by atoms with Crippen LogP contribution >= 0.6 is 11.8 Å². The summed E-state index contributed by atoms with van der Waals surface area (Å²) in [6, 6.07) is 23.0. The van der Waals surface area contributed by atoms with Crippen molar-refractivity contribution in [2.75, 3.05) is 12.9 Å². The summed E-state index contributed by atoms with van der Waals surface area (Å²) in [5.74, 6) is 1.07. The van der Waals surface area contributed by atoms with Crippen LogP contribution in [0.2, 0.25) is 0 Å². The Morgan fingerprint density at radius 2 is 1.89 bits per heavy atom. The van der Waals surface area contributed by atoms with Crippen LogP contribution in [0, 0.1) is 6.92 Å². The van der Waals surface area contributed by atoms with Crippen LogP contribution in [0.1, 0.15) is 18.1 Å². The Kier molecular flexibility index (Phi) is 7.47. The van der Waals surface area contributed by atoms with Gasteiger partial charge in [0.25, 0.3) is 11.7 Å². The highest BCUT2D eigenvalue weighted by atomic mass is 32.2. The second kappa shape index (κ2) is 10.9. The molecule has 178 valence electrons. The van der Waals surface area contributed by atoms with Gasteiger partial charge in [-0.2, -0.15) is 9.67 Å². The molecule has 1 heterocycles. The SMILES string of the molecule is COc1cc(C(C)=NNC(=O)CSc2n[nH]c(-c3ccccc3)[n+]2-c2ccc(C)cc2)ccc1O. The molecule has 1 aromatic heterocycles. The van der Waals surface area contributed by atoms with Gasteiger partial charge in [-0.05, 0) is 68.1 Å². The van der Waals surface area contributed by atoms with Crippen molar-refractivity contribution in [2.45, 2.75) is 19.0 Å². The van der Waals surface area contributed by atoms with Gasteiger partial charge in [0, 0.05) is 5.56 Å². The molecular weight excluding hydrogens is 462 g/mol. The Morgan fingerprint density at radius 3 is 2.60 bits per heavy atom. The number of carbonyl (C=O) groups excluding carboxylic acids is 1. The number of aromatic hydroxyl groups is 1. The number of thioether (sulfide) groups is 1. The lowest BCUT2D eigenvalue weighted by Crippen LogP contribution is -2.34. The minimum Gasteiger partial charge on any atom is -0.504 e. The number of nitrogens with zero attached hydrogens (tertiary/aromatic N) is 3. The summed E-state index contributed by atoms with van der Waals surface area (Å²) in [5, 5.41) is 22.2. The third kappa shape index (κ3) is 5.70. The lowest BCUT2D eigenvalue weighted by Gasteiger charge is -2.07. The monoisotopic (exact) mass is 488 g/mol. The van der Waals surface area contributed by atoms with Gasteiger partial charge >= 0.3 is 5.16 Å². The number of benzene rings is 3. The molecule has 0 saturated heterocycles. The number of hydrogen-bond donors (Lipinski definition) is 3. The number of phenolic OH excluding ortho intramolecular Hbond substituents is 1. The molecule has 0 saturated carbocycles. The highest BCUT2D eigenvalue weighted by molar-refractivity contribution is 7.99. The van der Waals surface area contributed by atoms with Crippen LogP contribution in [0.4, 0.5) is 0 Å². The number of hydrazone groups is 1. The normalized spacial score (nSPS) is 11.3. The van der Waals surface area contributed by atoms with E-state index in [1.165, 1.54) is 24.9 Å². The van der Waals surface area contributed by atoms with Crippen molar-refractivity contribution in [2.24, 2.45) is 5.10 Å². The highest BCUT2D eigenvalue weighted by Gasteiger charge is 2.24. The predicted octanol–water partition coefficient (Wildman–Crippen LogP) is 4.01. The molecule has 1 amide bonds. The molecule has 8 nitrogen and oxygen atoms in total. The van der Waals surface area contributed by atoms with Gasteiger partial charge in [-0.3, -0.25) is 4.79 Å². The number of phenols is 1. The molecule has 0 radical (unpaired) electrons. The van der Waals surface area contributed by atoms with Crippen LogP contribution in [-0.2, 0) is 4.79 Å². The Morgan fingerprint density at radius 1 is 1.14 bits per heavy atom. The molecule has 0 spiro atoms. The fourth-order valence-corrected chi connectivity index (χ4v) is 4.15. The minimum atomic E-state index is -0.264. The molecule has 0 bridgehead atoms. The quantitative estimate of drug-likeness (QED) is 0.151. The van der Waals surface area contributed by atoms with E-state index in [-0.39, 0.29) is 17.4 Å². The lowest BCUT2D eigenvalue weighted by molar-refractivity contribution is -0.625. The average Bonchev–Trinajstić information content (AvgIpc) is 3.31. The molecular formula is C26H26N5O3S+. The van der Waals surface area contributed by atoms with Gasteiger partial charge in [0.15, 0.2) is 11.5 Å². The van der Waals surface area contributed by atoms with Crippen LogP contribution in [-0.4, -0.2) is 39.8 Å². The molecule has 9 heteroatoms. The van der Waals surface area contributed by atoms with Crippen molar-refractivity contribution in [3.8, 4) is 28.6 Å². The molecule has 3 N–H and O–H groups in total. The van der Waals surface area contributed by atoms with E-state index in [0.29, 0.717) is 16.6 Å². The molecule has 4 rings (SSSR count). The maximum Gasteiger partial charge on any atom is 0.342 e. The van der Waals surface area contributed by atoms with Gasteiger partial charge in [-0.1, -0.05) is 35.9 Å². The third-order valence-corrected chi connectivity index (χ3v) is 6.23. The summed E-state index contributed by atoms with van der Waals surface area (Å²) in [4.78, 5) is 12.5. The van der Waals surface area contributed by atoms with Crippen molar-refractivity contribution < 1.29 is 19.2 Å². The summed E-state index contributed by atoms with van der Waals surface area (Å²) in [6.07, 6.45) is 0. The molecule has 0 aliphatic rings. The number of H-pyrrole nitrogens is 1. The number of methoxy groups -OCH3 is 1. The van der Waals surface area contributed by atoms with E-state index in [2.05, 4.69) is 20.7 Å². The highest BCUT2D eigenvalue weighted by Crippen LogP contribution is 2.26. The molecule has 0 unspecified atom stereocenters. The maximum absolute atomic E-state index is 12.5. The van der Waals surface area contributed by atoms with Crippen LogP contribution in [0.25, 0.3) is 17.1 Å². The van der Waals surface area contributed by atoms with Crippen molar-refractivity contribution in [3.63, 3.8) is 0 Å². The second-order valence-corrected chi connectivity index (χ2v) is 8.74. The minimum absolute atomic E-state index is 0.0419. The number of amides is 1. The maximum atomic E-state index is 12.5. The molecule has 3 aromatic carbocycles. The number of aromatic nitrogens is 3. The van der Waals surface area contributed by atoms with Gasteiger partial charge in [-0.15, -0.1) is 5.10 Å². The number of aromatic amines is 1.